The molecule has 1 atom stereocenters. The van der Waals surface area contributed by atoms with E-state index >= 15 is 0 Å². The van der Waals surface area contributed by atoms with Crippen LogP contribution in [0.25, 0.3) is 5.69 Å². The first kappa shape index (κ1) is 19.0. The predicted molar refractivity (Wildman–Crippen MR) is 100 cm³/mol. The standard InChI is InChI=1S/C19H25N5O3/c1-13-5-4-6-16(11-13)24-15(3)18(20-21-24)19(27)23-9-7-22(8-10-23)14(2)12-17(25)26/h4-6,11,14H,7-10,12H2,1-3H3,(H,25,26). The summed E-state index contributed by atoms with van der Waals surface area (Å²) in [5.74, 6) is -0.929. The van der Waals surface area contributed by atoms with Crippen LogP contribution in [0.3, 0.4) is 0 Å². The number of hydrogen-bond acceptors (Lipinski definition) is 5. The highest BCUT2D eigenvalue weighted by molar-refractivity contribution is 5.93. The monoisotopic (exact) mass is 371 g/mol. The number of nitrogens with zero attached hydrogens (tertiary/aromatic N) is 5. The molecule has 1 unspecified atom stereocenters. The van der Waals surface area contributed by atoms with Gasteiger partial charge < -0.3 is 10.0 Å². The molecule has 1 N–H and O–H groups in total. The lowest BCUT2D eigenvalue weighted by Gasteiger charge is -2.37. The van der Waals surface area contributed by atoms with Gasteiger partial charge >= 0.3 is 5.97 Å². The van der Waals surface area contributed by atoms with Gasteiger partial charge in [-0.2, -0.15) is 0 Å². The van der Waals surface area contributed by atoms with Crippen molar-refractivity contribution in [3.05, 3.63) is 41.2 Å². The van der Waals surface area contributed by atoms with E-state index in [9.17, 15) is 9.59 Å². The van der Waals surface area contributed by atoms with Crippen LogP contribution in [-0.4, -0.2) is 74.0 Å². The molecule has 8 heteroatoms. The molecule has 1 fully saturated rings. The first-order valence-electron chi connectivity index (χ1n) is 9.11. The van der Waals surface area contributed by atoms with Gasteiger partial charge in [-0.3, -0.25) is 14.5 Å². The topological polar surface area (TPSA) is 91.6 Å². The number of carbonyl (C=O) groups is 2. The molecule has 1 amide bonds. The summed E-state index contributed by atoms with van der Waals surface area (Å²) >= 11 is 0. The van der Waals surface area contributed by atoms with Crippen LogP contribution in [0.2, 0.25) is 0 Å². The SMILES string of the molecule is Cc1cccc(-n2nnc(C(=O)N3CCN(C(C)CC(=O)O)CC3)c2C)c1. The summed E-state index contributed by atoms with van der Waals surface area (Å²) in [6.07, 6.45) is 0.109. The van der Waals surface area contributed by atoms with Gasteiger partial charge in [-0.1, -0.05) is 17.3 Å². The van der Waals surface area contributed by atoms with E-state index in [4.69, 9.17) is 5.11 Å². The highest BCUT2D eigenvalue weighted by Gasteiger charge is 2.28. The van der Waals surface area contributed by atoms with Gasteiger partial charge in [0, 0.05) is 32.2 Å². The molecule has 0 radical (unpaired) electrons. The summed E-state index contributed by atoms with van der Waals surface area (Å²) in [6.45, 7) is 8.19. The van der Waals surface area contributed by atoms with E-state index < -0.39 is 5.97 Å². The molecule has 1 aromatic carbocycles. The fourth-order valence-corrected chi connectivity index (χ4v) is 3.43. The largest absolute Gasteiger partial charge is 0.481 e. The fourth-order valence-electron chi connectivity index (χ4n) is 3.43. The smallest absolute Gasteiger partial charge is 0.304 e. The number of aryl methyl sites for hydroxylation is 1. The number of benzene rings is 1. The number of amides is 1. The Morgan fingerprint density at radius 1 is 1.19 bits per heavy atom. The molecule has 1 aromatic heterocycles. The van der Waals surface area contributed by atoms with Crippen LogP contribution in [0, 0.1) is 13.8 Å². The summed E-state index contributed by atoms with van der Waals surface area (Å²) in [6, 6.07) is 7.85. The zero-order chi connectivity index (χ0) is 19.6. The fraction of sp³-hybridized carbons (Fsp3) is 0.474. The summed E-state index contributed by atoms with van der Waals surface area (Å²) in [4.78, 5) is 27.6. The Hall–Kier alpha value is -2.74. The quantitative estimate of drug-likeness (QED) is 0.857. The van der Waals surface area contributed by atoms with Crippen LogP contribution >= 0.6 is 0 Å². The number of piperazine rings is 1. The Morgan fingerprint density at radius 3 is 2.52 bits per heavy atom. The molecule has 0 aliphatic carbocycles. The van der Waals surface area contributed by atoms with E-state index in [0.29, 0.717) is 37.6 Å². The van der Waals surface area contributed by atoms with Crippen molar-refractivity contribution in [2.24, 2.45) is 0 Å². The molecular formula is C19H25N5O3. The van der Waals surface area contributed by atoms with Crippen LogP contribution in [0.15, 0.2) is 24.3 Å². The Labute approximate surface area is 158 Å². The van der Waals surface area contributed by atoms with Crippen LogP contribution in [0.5, 0.6) is 0 Å². The van der Waals surface area contributed by atoms with Crippen molar-refractivity contribution < 1.29 is 14.7 Å². The molecule has 1 saturated heterocycles. The Bertz CT molecular complexity index is 840. The highest BCUT2D eigenvalue weighted by Crippen LogP contribution is 2.17. The van der Waals surface area contributed by atoms with Crippen LogP contribution in [0.4, 0.5) is 0 Å². The van der Waals surface area contributed by atoms with Gasteiger partial charge in [-0.25, -0.2) is 4.68 Å². The lowest BCUT2D eigenvalue weighted by Crippen LogP contribution is -2.51. The molecule has 0 bridgehead atoms. The predicted octanol–water partition coefficient (Wildman–Crippen LogP) is 1.51. The normalized spacial score (nSPS) is 16.3. The minimum absolute atomic E-state index is 0.0383. The van der Waals surface area contributed by atoms with Crippen molar-refractivity contribution in [2.45, 2.75) is 33.2 Å². The lowest BCUT2D eigenvalue weighted by molar-refractivity contribution is -0.138. The first-order valence-corrected chi connectivity index (χ1v) is 9.11. The zero-order valence-electron chi connectivity index (χ0n) is 15.9. The maximum absolute atomic E-state index is 12.9. The molecule has 27 heavy (non-hydrogen) atoms. The number of hydrogen-bond donors (Lipinski definition) is 1. The third kappa shape index (κ3) is 4.16. The second-order valence-electron chi connectivity index (χ2n) is 7.05. The summed E-state index contributed by atoms with van der Waals surface area (Å²) in [5.41, 5.74) is 3.07. The first-order chi connectivity index (χ1) is 12.9. The molecule has 1 aliphatic heterocycles. The molecule has 8 nitrogen and oxygen atoms in total. The van der Waals surface area contributed by atoms with Gasteiger partial charge in [-0.05, 0) is 38.5 Å². The number of carboxylic acids is 1. The van der Waals surface area contributed by atoms with Crippen molar-refractivity contribution in [1.82, 2.24) is 24.8 Å². The number of carboxylic acid groups (broad SMARTS) is 1. The van der Waals surface area contributed by atoms with Crippen molar-refractivity contribution in [3.63, 3.8) is 0 Å². The van der Waals surface area contributed by atoms with E-state index in [2.05, 4.69) is 15.2 Å². The van der Waals surface area contributed by atoms with Crippen LogP contribution < -0.4 is 0 Å². The minimum Gasteiger partial charge on any atom is -0.481 e. The van der Waals surface area contributed by atoms with Crippen molar-refractivity contribution >= 4 is 11.9 Å². The van der Waals surface area contributed by atoms with Crippen LogP contribution in [0.1, 0.15) is 35.1 Å². The van der Waals surface area contributed by atoms with Gasteiger partial charge in [-0.15, -0.1) is 5.10 Å². The van der Waals surface area contributed by atoms with Crippen LogP contribution in [-0.2, 0) is 4.79 Å². The minimum atomic E-state index is -0.801. The van der Waals surface area contributed by atoms with E-state index in [1.54, 1.807) is 9.58 Å². The third-order valence-corrected chi connectivity index (χ3v) is 5.04. The number of carbonyl (C=O) groups excluding carboxylic acids is 1. The molecule has 0 saturated carbocycles. The Morgan fingerprint density at radius 2 is 1.89 bits per heavy atom. The lowest BCUT2D eigenvalue weighted by atomic mass is 10.1. The van der Waals surface area contributed by atoms with E-state index in [-0.39, 0.29) is 18.4 Å². The van der Waals surface area contributed by atoms with Gasteiger partial charge in [0.2, 0.25) is 0 Å². The van der Waals surface area contributed by atoms with Gasteiger partial charge in [0.05, 0.1) is 17.8 Å². The molecule has 144 valence electrons. The third-order valence-electron chi connectivity index (χ3n) is 5.04. The Balaban J connectivity index is 1.68. The maximum Gasteiger partial charge on any atom is 0.304 e. The summed E-state index contributed by atoms with van der Waals surface area (Å²) in [7, 11) is 0. The zero-order valence-corrected chi connectivity index (χ0v) is 15.9. The molecule has 1 aliphatic rings. The van der Waals surface area contributed by atoms with Crippen molar-refractivity contribution in [2.75, 3.05) is 26.2 Å². The maximum atomic E-state index is 12.9. The summed E-state index contributed by atoms with van der Waals surface area (Å²) < 4.78 is 1.69. The average Bonchev–Trinajstić information content (AvgIpc) is 3.02. The molecular weight excluding hydrogens is 346 g/mol. The van der Waals surface area contributed by atoms with Gasteiger partial charge in [0.1, 0.15) is 0 Å². The second-order valence-corrected chi connectivity index (χ2v) is 7.05. The Kier molecular flexibility index (Phi) is 5.55. The van der Waals surface area contributed by atoms with E-state index in [0.717, 1.165) is 11.3 Å². The second kappa shape index (κ2) is 7.87. The summed E-state index contributed by atoms with van der Waals surface area (Å²) in [5, 5.41) is 17.2. The highest BCUT2D eigenvalue weighted by atomic mass is 16.4. The van der Waals surface area contributed by atoms with E-state index in [1.807, 2.05) is 45.0 Å². The van der Waals surface area contributed by atoms with Gasteiger partial charge in [0.15, 0.2) is 5.69 Å². The van der Waals surface area contributed by atoms with Crippen molar-refractivity contribution in [3.8, 4) is 5.69 Å². The number of aliphatic carboxylic acids is 1. The molecule has 3 rings (SSSR count). The van der Waals surface area contributed by atoms with Gasteiger partial charge in [0.25, 0.3) is 5.91 Å². The molecule has 0 spiro atoms. The molecule has 2 aromatic rings. The van der Waals surface area contributed by atoms with E-state index in [1.165, 1.54) is 0 Å². The number of aromatic nitrogens is 3. The average molecular weight is 371 g/mol. The molecule has 2 heterocycles. The number of rotatable bonds is 5. The van der Waals surface area contributed by atoms with Crippen molar-refractivity contribution in [1.29, 1.82) is 0 Å².